The van der Waals surface area contributed by atoms with Gasteiger partial charge in [-0.3, -0.25) is 19.6 Å². The second-order valence-electron chi connectivity index (χ2n) is 7.54. The number of carbonyl (C=O) groups is 1. The molecule has 3 aromatic rings. The number of hydrogen-bond acceptors (Lipinski definition) is 5. The standard InChI is InChI=1S/C22H22Cl2N4O4/c1-12-7-16(23)5-6-20(12)32-19-9-17(8-18(10-19)28(30)31)25-22(29)13(2)11-27-15(4)21(24)14(3)26-27/h5-10,13H,11H2,1-4H3,(H,25,29). The third-order valence-corrected chi connectivity index (χ3v) is 5.70. The molecule has 0 bridgehead atoms. The maximum absolute atomic E-state index is 12.8. The average molecular weight is 477 g/mol. The van der Waals surface area contributed by atoms with Crippen molar-refractivity contribution < 1.29 is 14.5 Å². The topological polar surface area (TPSA) is 99.3 Å². The minimum Gasteiger partial charge on any atom is -0.457 e. The van der Waals surface area contributed by atoms with Crippen LogP contribution in [-0.2, 0) is 11.3 Å². The Bertz CT molecular complexity index is 1190. The number of benzene rings is 2. The zero-order valence-corrected chi connectivity index (χ0v) is 19.5. The molecule has 0 saturated heterocycles. The molecule has 1 amide bonds. The number of aryl methyl sites for hydroxylation is 2. The molecule has 1 atom stereocenters. The molecule has 0 radical (unpaired) electrons. The van der Waals surface area contributed by atoms with E-state index in [-0.39, 0.29) is 23.0 Å². The van der Waals surface area contributed by atoms with Crippen molar-refractivity contribution in [2.24, 2.45) is 5.92 Å². The third-order valence-electron chi connectivity index (χ3n) is 4.92. The van der Waals surface area contributed by atoms with E-state index in [4.69, 9.17) is 27.9 Å². The second-order valence-corrected chi connectivity index (χ2v) is 8.36. The number of aromatic nitrogens is 2. The summed E-state index contributed by atoms with van der Waals surface area (Å²) in [6.07, 6.45) is 0. The third kappa shape index (κ3) is 5.38. The van der Waals surface area contributed by atoms with E-state index < -0.39 is 10.8 Å². The highest BCUT2D eigenvalue weighted by atomic mass is 35.5. The summed E-state index contributed by atoms with van der Waals surface area (Å²) in [6, 6.07) is 9.18. The number of anilines is 1. The zero-order chi connectivity index (χ0) is 23.6. The molecule has 1 unspecified atom stereocenters. The van der Waals surface area contributed by atoms with Gasteiger partial charge in [-0.05, 0) is 44.5 Å². The van der Waals surface area contributed by atoms with Crippen LogP contribution in [0.4, 0.5) is 11.4 Å². The number of non-ortho nitro benzene ring substituents is 1. The smallest absolute Gasteiger partial charge is 0.275 e. The highest BCUT2D eigenvalue weighted by molar-refractivity contribution is 6.31. The quantitative estimate of drug-likeness (QED) is 0.328. The number of nitro benzene ring substituents is 1. The lowest BCUT2D eigenvalue weighted by molar-refractivity contribution is -0.384. The second kappa shape index (κ2) is 9.58. The van der Waals surface area contributed by atoms with Gasteiger partial charge in [0.25, 0.3) is 5.69 Å². The zero-order valence-electron chi connectivity index (χ0n) is 18.0. The van der Waals surface area contributed by atoms with Crippen LogP contribution in [0.3, 0.4) is 0 Å². The molecule has 3 rings (SSSR count). The molecule has 168 valence electrons. The van der Waals surface area contributed by atoms with Crippen molar-refractivity contribution in [1.82, 2.24) is 9.78 Å². The number of amides is 1. The predicted octanol–water partition coefficient (Wildman–Crippen LogP) is 6.09. The number of carbonyl (C=O) groups excluding carboxylic acids is 1. The molecule has 32 heavy (non-hydrogen) atoms. The summed E-state index contributed by atoms with van der Waals surface area (Å²) in [5, 5.41) is 19.6. The molecule has 1 N–H and O–H groups in total. The number of nitrogens with one attached hydrogen (secondary N) is 1. The number of rotatable bonds is 7. The van der Waals surface area contributed by atoms with Crippen LogP contribution in [0.5, 0.6) is 11.5 Å². The Balaban J connectivity index is 1.80. The van der Waals surface area contributed by atoms with Crippen molar-refractivity contribution in [3.63, 3.8) is 0 Å². The highest BCUT2D eigenvalue weighted by Gasteiger charge is 2.19. The number of nitrogens with zero attached hydrogens (tertiary/aromatic N) is 3. The number of halogens is 2. The maximum Gasteiger partial charge on any atom is 0.275 e. The Morgan fingerprint density at radius 3 is 2.53 bits per heavy atom. The van der Waals surface area contributed by atoms with Gasteiger partial charge in [0, 0.05) is 17.2 Å². The molecule has 1 heterocycles. The fourth-order valence-corrected chi connectivity index (χ4v) is 3.50. The molecular formula is C22H22Cl2N4O4. The van der Waals surface area contributed by atoms with Crippen LogP contribution < -0.4 is 10.1 Å². The van der Waals surface area contributed by atoms with Crippen LogP contribution in [0.1, 0.15) is 23.9 Å². The van der Waals surface area contributed by atoms with Gasteiger partial charge in [-0.25, -0.2) is 0 Å². The van der Waals surface area contributed by atoms with Gasteiger partial charge in [-0.2, -0.15) is 5.10 Å². The van der Waals surface area contributed by atoms with Gasteiger partial charge in [0.15, 0.2) is 0 Å². The van der Waals surface area contributed by atoms with Crippen molar-refractivity contribution >= 4 is 40.5 Å². The molecule has 0 aliphatic heterocycles. The van der Waals surface area contributed by atoms with Gasteiger partial charge in [-0.1, -0.05) is 30.1 Å². The highest BCUT2D eigenvalue weighted by Crippen LogP contribution is 2.32. The Labute approximate surface area is 195 Å². The summed E-state index contributed by atoms with van der Waals surface area (Å²) in [7, 11) is 0. The first-order valence-corrected chi connectivity index (χ1v) is 10.5. The fraction of sp³-hybridized carbons (Fsp3) is 0.273. The van der Waals surface area contributed by atoms with Gasteiger partial charge in [0.2, 0.25) is 5.91 Å². The van der Waals surface area contributed by atoms with Gasteiger partial charge in [0.05, 0.1) is 45.6 Å². The summed E-state index contributed by atoms with van der Waals surface area (Å²) < 4.78 is 7.50. The van der Waals surface area contributed by atoms with Crippen LogP contribution in [0, 0.1) is 36.8 Å². The van der Waals surface area contributed by atoms with Crippen LogP contribution in [-0.4, -0.2) is 20.6 Å². The van der Waals surface area contributed by atoms with E-state index in [1.165, 1.54) is 18.2 Å². The molecule has 0 spiro atoms. The van der Waals surface area contributed by atoms with E-state index >= 15 is 0 Å². The molecular weight excluding hydrogens is 455 g/mol. The Morgan fingerprint density at radius 1 is 1.22 bits per heavy atom. The lowest BCUT2D eigenvalue weighted by Crippen LogP contribution is -2.25. The van der Waals surface area contributed by atoms with Gasteiger partial charge >= 0.3 is 0 Å². The van der Waals surface area contributed by atoms with E-state index in [1.807, 2.05) is 13.8 Å². The maximum atomic E-state index is 12.8. The average Bonchev–Trinajstić information content (AvgIpc) is 2.96. The van der Waals surface area contributed by atoms with E-state index in [2.05, 4.69) is 10.4 Å². The first-order chi connectivity index (χ1) is 15.0. The minimum atomic E-state index is -0.543. The molecule has 0 aliphatic carbocycles. The molecule has 0 saturated carbocycles. The largest absolute Gasteiger partial charge is 0.457 e. The first kappa shape index (κ1) is 23.6. The van der Waals surface area contributed by atoms with Crippen LogP contribution in [0.2, 0.25) is 10.0 Å². The van der Waals surface area contributed by atoms with Crippen molar-refractivity contribution in [2.75, 3.05) is 5.32 Å². The van der Waals surface area contributed by atoms with Gasteiger partial charge in [0.1, 0.15) is 11.5 Å². The monoisotopic (exact) mass is 476 g/mol. The van der Waals surface area contributed by atoms with Crippen LogP contribution in [0.15, 0.2) is 36.4 Å². The molecule has 2 aromatic carbocycles. The Kier molecular flexibility index (Phi) is 7.06. The molecule has 8 nitrogen and oxygen atoms in total. The lowest BCUT2D eigenvalue weighted by Gasteiger charge is -2.15. The molecule has 0 aliphatic rings. The fourth-order valence-electron chi connectivity index (χ4n) is 3.13. The molecule has 0 fully saturated rings. The summed E-state index contributed by atoms with van der Waals surface area (Å²) in [5.41, 5.74) is 2.28. The van der Waals surface area contributed by atoms with Crippen molar-refractivity contribution in [2.45, 2.75) is 34.2 Å². The summed E-state index contributed by atoms with van der Waals surface area (Å²) >= 11 is 12.1. The van der Waals surface area contributed by atoms with E-state index in [0.717, 1.165) is 11.3 Å². The number of hydrogen-bond donors (Lipinski definition) is 1. The lowest BCUT2D eigenvalue weighted by atomic mass is 10.1. The van der Waals surface area contributed by atoms with Crippen molar-refractivity contribution in [3.05, 3.63) is 73.5 Å². The molecule has 10 heteroatoms. The Hall–Kier alpha value is -3.10. The number of nitro groups is 1. The van der Waals surface area contributed by atoms with Gasteiger partial charge in [-0.15, -0.1) is 0 Å². The van der Waals surface area contributed by atoms with Crippen molar-refractivity contribution in [1.29, 1.82) is 0 Å². The first-order valence-electron chi connectivity index (χ1n) is 9.79. The van der Waals surface area contributed by atoms with Crippen LogP contribution in [0.25, 0.3) is 0 Å². The predicted molar refractivity (Wildman–Crippen MR) is 124 cm³/mol. The molecule has 1 aromatic heterocycles. The normalized spacial score (nSPS) is 11.8. The minimum absolute atomic E-state index is 0.206. The summed E-state index contributed by atoms with van der Waals surface area (Å²) in [4.78, 5) is 23.6. The van der Waals surface area contributed by atoms with Crippen LogP contribution >= 0.6 is 23.2 Å². The SMILES string of the molecule is Cc1cc(Cl)ccc1Oc1cc(NC(=O)C(C)Cn2nc(C)c(Cl)c2C)cc([N+](=O)[O-])c1. The summed E-state index contributed by atoms with van der Waals surface area (Å²) in [5.74, 6) is -0.0612. The van der Waals surface area contributed by atoms with Gasteiger partial charge < -0.3 is 10.1 Å². The van der Waals surface area contributed by atoms with E-state index in [9.17, 15) is 14.9 Å². The summed E-state index contributed by atoms with van der Waals surface area (Å²) in [6.45, 7) is 7.49. The Morgan fingerprint density at radius 2 is 1.94 bits per heavy atom. The number of ether oxygens (including phenoxy) is 1. The van der Waals surface area contributed by atoms with E-state index in [0.29, 0.717) is 28.0 Å². The van der Waals surface area contributed by atoms with Crippen molar-refractivity contribution in [3.8, 4) is 11.5 Å². The van der Waals surface area contributed by atoms with E-state index in [1.54, 1.807) is 36.7 Å².